The molecule has 1 saturated heterocycles. The number of halogens is 1. The number of nitrogens with zero attached hydrogens (tertiary/aromatic N) is 2. The number of hydrogen-bond donors (Lipinski definition) is 2. The Labute approximate surface area is 185 Å². The Hall–Kier alpha value is -3.22. The number of nitro groups is 1. The zero-order valence-corrected chi connectivity index (χ0v) is 17.6. The number of carbonyl (C=O) groups excluding carboxylic acids is 1. The Bertz CT molecular complexity index is 1120. The minimum Gasteiger partial charge on any atom is -0.432 e. The Morgan fingerprint density at radius 2 is 2.16 bits per heavy atom. The maximum atomic E-state index is 12.1. The van der Waals surface area contributed by atoms with Crippen LogP contribution < -0.4 is 11.2 Å². The number of ether oxygens (including phenoxy) is 3. The molecule has 1 fully saturated rings. The van der Waals surface area contributed by atoms with Gasteiger partial charge in [-0.2, -0.15) is 0 Å². The van der Waals surface area contributed by atoms with Crippen molar-refractivity contribution in [2.45, 2.75) is 37.2 Å². The molecule has 0 radical (unpaired) electrons. The fraction of sp³-hybridized carbons (Fsp3) is 0.421. The first-order chi connectivity index (χ1) is 15.2. The lowest BCUT2D eigenvalue weighted by atomic mass is 10.1. The van der Waals surface area contributed by atoms with Gasteiger partial charge in [-0.1, -0.05) is 18.2 Å². The number of carbonyl (C=O) groups is 1. The number of aliphatic hydroxyl groups excluding tert-OH is 1. The van der Waals surface area contributed by atoms with Gasteiger partial charge in [0, 0.05) is 24.2 Å². The zero-order chi connectivity index (χ0) is 23.4. The van der Waals surface area contributed by atoms with Gasteiger partial charge in [-0.05, 0) is 6.92 Å². The van der Waals surface area contributed by atoms with Crippen LogP contribution in [0, 0.1) is 17.0 Å². The second kappa shape index (κ2) is 9.94. The number of para-hydroxylation sites is 1. The predicted octanol–water partition coefficient (Wildman–Crippen LogP) is 1.53. The lowest BCUT2D eigenvalue weighted by Gasteiger charge is -2.17. The summed E-state index contributed by atoms with van der Waals surface area (Å²) in [4.78, 5) is 48.4. The average molecular weight is 470 g/mol. The van der Waals surface area contributed by atoms with Crippen molar-refractivity contribution < 1.29 is 29.0 Å². The summed E-state index contributed by atoms with van der Waals surface area (Å²) in [6.07, 6.45) is -2.57. The van der Waals surface area contributed by atoms with Crippen LogP contribution in [0.15, 0.2) is 40.1 Å². The summed E-state index contributed by atoms with van der Waals surface area (Å²) in [5, 5.41) is 19.7. The van der Waals surface area contributed by atoms with Gasteiger partial charge in [0.2, 0.25) is 0 Å². The monoisotopic (exact) mass is 469 g/mol. The van der Waals surface area contributed by atoms with E-state index in [0.717, 1.165) is 4.57 Å². The second-order valence-corrected chi connectivity index (χ2v) is 7.55. The highest BCUT2D eigenvalue weighted by atomic mass is 35.5. The molecular weight excluding hydrogens is 450 g/mol. The van der Waals surface area contributed by atoms with Gasteiger partial charge in [0.05, 0.1) is 22.5 Å². The van der Waals surface area contributed by atoms with E-state index in [1.54, 1.807) is 6.07 Å². The third-order valence-corrected chi connectivity index (χ3v) is 5.24. The largest absolute Gasteiger partial charge is 0.508 e. The van der Waals surface area contributed by atoms with Crippen LogP contribution in [0.1, 0.15) is 29.2 Å². The number of nitrogens with one attached hydrogen (secondary N) is 1. The Morgan fingerprint density at radius 1 is 1.44 bits per heavy atom. The highest BCUT2D eigenvalue weighted by Gasteiger charge is 2.39. The van der Waals surface area contributed by atoms with Gasteiger partial charge >= 0.3 is 11.8 Å². The van der Waals surface area contributed by atoms with E-state index in [1.165, 1.54) is 31.3 Å². The van der Waals surface area contributed by atoms with E-state index in [1.807, 2.05) is 0 Å². The molecule has 2 unspecified atom stereocenters. The van der Waals surface area contributed by atoms with Crippen LogP contribution >= 0.6 is 11.6 Å². The minimum absolute atomic E-state index is 0.0141. The van der Waals surface area contributed by atoms with Gasteiger partial charge in [0.25, 0.3) is 11.2 Å². The summed E-state index contributed by atoms with van der Waals surface area (Å²) in [5.41, 5.74) is -0.995. The van der Waals surface area contributed by atoms with Gasteiger partial charge < -0.3 is 19.3 Å². The van der Waals surface area contributed by atoms with Crippen LogP contribution in [-0.2, 0) is 14.2 Å². The van der Waals surface area contributed by atoms with Crippen LogP contribution in [0.25, 0.3) is 0 Å². The molecule has 0 aliphatic carbocycles. The molecule has 13 heteroatoms. The van der Waals surface area contributed by atoms with E-state index in [2.05, 4.69) is 4.98 Å². The van der Waals surface area contributed by atoms with Crippen LogP contribution in [0.3, 0.4) is 0 Å². The Balaban J connectivity index is 1.62. The SMILES string of the molecule is Cc1cn([C@H]2CC(OC(=O)OCC(Cl)c3ccccc3[N+](=O)[O-])[C@@H](CO)O2)c(=O)[nH]c1=O. The number of benzene rings is 1. The maximum absolute atomic E-state index is 12.1. The molecule has 12 nitrogen and oxygen atoms in total. The molecule has 0 amide bonds. The van der Waals surface area contributed by atoms with Crippen molar-refractivity contribution in [1.29, 1.82) is 0 Å². The number of alkyl halides is 1. The number of aromatic nitrogens is 2. The van der Waals surface area contributed by atoms with E-state index < -0.39 is 59.4 Å². The molecule has 2 aromatic rings. The number of H-pyrrole nitrogens is 1. The summed E-state index contributed by atoms with van der Waals surface area (Å²) in [6.45, 7) is 0.614. The number of aliphatic hydroxyl groups is 1. The molecule has 2 heterocycles. The molecule has 1 aliphatic rings. The van der Waals surface area contributed by atoms with Crippen LogP contribution in [0.2, 0.25) is 0 Å². The highest BCUT2D eigenvalue weighted by molar-refractivity contribution is 6.21. The number of aromatic amines is 1. The minimum atomic E-state index is -1.12. The van der Waals surface area contributed by atoms with Crippen molar-refractivity contribution in [2.24, 2.45) is 0 Å². The second-order valence-electron chi connectivity index (χ2n) is 7.03. The number of aryl methyl sites for hydroxylation is 1. The normalized spacial score (nSPS) is 21.2. The van der Waals surface area contributed by atoms with Crippen LogP contribution in [-0.4, -0.2) is 51.2 Å². The molecule has 0 saturated carbocycles. The molecule has 4 atom stereocenters. The van der Waals surface area contributed by atoms with Crippen molar-refractivity contribution in [3.8, 4) is 0 Å². The fourth-order valence-corrected chi connectivity index (χ4v) is 3.51. The van der Waals surface area contributed by atoms with Crippen molar-refractivity contribution in [3.05, 3.63) is 72.5 Å². The van der Waals surface area contributed by atoms with Gasteiger partial charge in [-0.15, -0.1) is 11.6 Å². The molecule has 1 aromatic heterocycles. The molecular formula is C19H20ClN3O9. The fourth-order valence-electron chi connectivity index (χ4n) is 3.27. The third kappa shape index (κ3) is 5.15. The molecule has 172 valence electrons. The van der Waals surface area contributed by atoms with E-state index in [9.17, 15) is 29.6 Å². The quantitative estimate of drug-likeness (QED) is 0.265. The number of hydrogen-bond acceptors (Lipinski definition) is 9. The third-order valence-electron chi connectivity index (χ3n) is 4.88. The van der Waals surface area contributed by atoms with Crippen molar-refractivity contribution in [1.82, 2.24) is 9.55 Å². The summed E-state index contributed by atoms with van der Waals surface area (Å²) in [5.74, 6) is 0. The van der Waals surface area contributed by atoms with Crippen molar-refractivity contribution in [2.75, 3.05) is 13.2 Å². The number of rotatable bonds is 7. The number of nitro benzene ring substituents is 1. The molecule has 2 N–H and O–H groups in total. The highest BCUT2D eigenvalue weighted by Crippen LogP contribution is 2.31. The average Bonchev–Trinajstić information content (AvgIpc) is 3.16. The maximum Gasteiger partial charge on any atom is 0.508 e. The van der Waals surface area contributed by atoms with E-state index in [0.29, 0.717) is 0 Å². The molecule has 1 aliphatic heterocycles. The lowest BCUT2D eigenvalue weighted by Crippen LogP contribution is -2.33. The molecule has 0 spiro atoms. The summed E-state index contributed by atoms with van der Waals surface area (Å²) < 4.78 is 16.9. The first kappa shape index (κ1) is 23.4. The van der Waals surface area contributed by atoms with E-state index in [-0.39, 0.29) is 23.2 Å². The summed E-state index contributed by atoms with van der Waals surface area (Å²) in [6, 6.07) is 5.79. The van der Waals surface area contributed by atoms with Crippen LogP contribution in [0.4, 0.5) is 10.5 Å². The summed E-state index contributed by atoms with van der Waals surface area (Å²) in [7, 11) is 0. The Morgan fingerprint density at radius 3 is 2.84 bits per heavy atom. The molecule has 1 aromatic carbocycles. The molecule has 32 heavy (non-hydrogen) atoms. The first-order valence-corrected chi connectivity index (χ1v) is 9.94. The summed E-state index contributed by atoms with van der Waals surface area (Å²) >= 11 is 6.15. The van der Waals surface area contributed by atoms with Crippen molar-refractivity contribution >= 4 is 23.4 Å². The predicted molar refractivity (Wildman–Crippen MR) is 110 cm³/mol. The van der Waals surface area contributed by atoms with Gasteiger partial charge in [0.15, 0.2) is 0 Å². The Kier molecular flexibility index (Phi) is 7.28. The smallest absolute Gasteiger partial charge is 0.432 e. The lowest BCUT2D eigenvalue weighted by molar-refractivity contribution is -0.385. The van der Waals surface area contributed by atoms with Gasteiger partial charge in [0.1, 0.15) is 25.0 Å². The van der Waals surface area contributed by atoms with E-state index in [4.69, 9.17) is 25.8 Å². The van der Waals surface area contributed by atoms with Crippen molar-refractivity contribution in [3.63, 3.8) is 0 Å². The van der Waals surface area contributed by atoms with E-state index >= 15 is 0 Å². The van der Waals surface area contributed by atoms with Crippen LogP contribution in [0.5, 0.6) is 0 Å². The zero-order valence-electron chi connectivity index (χ0n) is 16.8. The van der Waals surface area contributed by atoms with Gasteiger partial charge in [-0.25, -0.2) is 9.59 Å². The first-order valence-electron chi connectivity index (χ1n) is 9.50. The topological polar surface area (TPSA) is 163 Å². The van der Waals surface area contributed by atoms with Gasteiger partial charge in [-0.3, -0.25) is 24.5 Å². The molecule has 3 rings (SSSR count). The molecule has 0 bridgehead atoms. The standard InChI is InChI=1S/C19H20ClN3O9/c1-10-7-22(18(26)21-17(10)25)16-6-14(15(8-24)31-16)32-19(27)30-9-12(20)11-4-2-3-5-13(11)23(28)29/h2-5,7,12,14-16,24H,6,8-9H2,1H3,(H,21,25,26)/t12?,14?,15-,16-/m1/s1.